The average molecular weight is 296 g/mol. The molecular weight excluding hydrogens is 280 g/mol. The number of aromatic carboxylic acids is 1. The molecule has 114 valence electrons. The van der Waals surface area contributed by atoms with E-state index in [4.69, 9.17) is 9.84 Å². The van der Waals surface area contributed by atoms with Crippen molar-refractivity contribution in [3.05, 3.63) is 23.8 Å². The van der Waals surface area contributed by atoms with Crippen molar-refractivity contribution in [2.75, 3.05) is 26.1 Å². The minimum Gasteiger partial charge on any atom is -0.496 e. The molecule has 0 saturated heterocycles. The van der Waals surface area contributed by atoms with Crippen LogP contribution in [-0.4, -0.2) is 43.8 Å². The number of carbonyl (C=O) groups excluding carboxylic acids is 2. The van der Waals surface area contributed by atoms with Crippen LogP contribution in [0, 0.1) is 0 Å². The van der Waals surface area contributed by atoms with Crippen LogP contribution in [0.5, 0.6) is 5.75 Å². The maximum absolute atomic E-state index is 11.6. The van der Waals surface area contributed by atoms with E-state index in [1.807, 2.05) is 0 Å². The first-order valence-corrected chi connectivity index (χ1v) is 6.01. The van der Waals surface area contributed by atoms with E-state index in [2.05, 4.69) is 15.4 Å². The highest BCUT2D eigenvalue weighted by Gasteiger charge is 2.12. The molecule has 0 saturated carbocycles. The lowest BCUT2D eigenvalue weighted by atomic mass is 10.2. The molecule has 1 aromatic rings. The molecule has 8 heteroatoms. The molecule has 0 aliphatic rings. The lowest BCUT2D eigenvalue weighted by molar-refractivity contribution is -0.140. The van der Waals surface area contributed by atoms with E-state index in [1.165, 1.54) is 32.4 Å². The fourth-order valence-electron chi connectivity index (χ4n) is 1.50. The van der Waals surface area contributed by atoms with Crippen LogP contribution in [0.1, 0.15) is 16.8 Å². The van der Waals surface area contributed by atoms with Gasteiger partial charge in [-0.2, -0.15) is 0 Å². The van der Waals surface area contributed by atoms with Gasteiger partial charge in [0.2, 0.25) is 0 Å². The molecule has 0 bridgehead atoms. The highest BCUT2D eigenvalue weighted by atomic mass is 16.5. The number of urea groups is 1. The average Bonchev–Trinajstić information content (AvgIpc) is 2.46. The van der Waals surface area contributed by atoms with E-state index in [9.17, 15) is 14.4 Å². The molecule has 1 rings (SSSR count). The number of amides is 2. The number of nitrogens with one attached hydrogen (secondary N) is 2. The molecule has 0 heterocycles. The predicted molar refractivity (Wildman–Crippen MR) is 73.6 cm³/mol. The monoisotopic (exact) mass is 296 g/mol. The summed E-state index contributed by atoms with van der Waals surface area (Å²) in [5.74, 6) is -1.42. The maximum atomic E-state index is 11.6. The fourth-order valence-corrected chi connectivity index (χ4v) is 1.50. The molecule has 2 amide bonds. The van der Waals surface area contributed by atoms with Gasteiger partial charge in [0.15, 0.2) is 0 Å². The lowest BCUT2D eigenvalue weighted by Gasteiger charge is -2.10. The van der Waals surface area contributed by atoms with Crippen LogP contribution in [0.3, 0.4) is 0 Å². The third-order valence-corrected chi connectivity index (χ3v) is 2.53. The number of ether oxygens (including phenoxy) is 2. The van der Waals surface area contributed by atoms with Gasteiger partial charge in [-0.1, -0.05) is 0 Å². The zero-order valence-corrected chi connectivity index (χ0v) is 11.6. The van der Waals surface area contributed by atoms with Crippen LogP contribution in [0.2, 0.25) is 0 Å². The van der Waals surface area contributed by atoms with Gasteiger partial charge in [0.1, 0.15) is 11.3 Å². The highest BCUT2D eigenvalue weighted by Crippen LogP contribution is 2.23. The molecule has 0 spiro atoms. The number of carboxylic acids is 1. The molecule has 0 radical (unpaired) electrons. The van der Waals surface area contributed by atoms with E-state index >= 15 is 0 Å². The van der Waals surface area contributed by atoms with Crippen LogP contribution in [-0.2, 0) is 9.53 Å². The zero-order valence-electron chi connectivity index (χ0n) is 11.6. The first-order valence-electron chi connectivity index (χ1n) is 6.01. The summed E-state index contributed by atoms with van der Waals surface area (Å²) >= 11 is 0. The van der Waals surface area contributed by atoms with E-state index in [0.717, 1.165) is 0 Å². The standard InChI is InChI=1S/C13H16N2O6/c1-20-10-7-8(3-4-9(10)12(17)18)15-13(19)14-6-5-11(16)21-2/h3-4,7H,5-6H2,1-2H3,(H,17,18)(H2,14,15,19). The van der Waals surface area contributed by atoms with Gasteiger partial charge in [-0.25, -0.2) is 9.59 Å². The van der Waals surface area contributed by atoms with Crippen LogP contribution < -0.4 is 15.4 Å². The first kappa shape index (κ1) is 16.3. The summed E-state index contributed by atoms with van der Waals surface area (Å²) in [6.45, 7) is 0.128. The Morgan fingerprint density at radius 2 is 1.95 bits per heavy atom. The Hall–Kier alpha value is -2.77. The Morgan fingerprint density at radius 1 is 1.24 bits per heavy atom. The van der Waals surface area contributed by atoms with Crippen LogP contribution in [0.4, 0.5) is 10.5 Å². The van der Waals surface area contributed by atoms with E-state index in [1.54, 1.807) is 0 Å². The molecule has 8 nitrogen and oxygen atoms in total. The van der Waals surface area contributed by atoms with Gasteiger partial charge >= 0.3 is 18.0 Å². The van der Waals surface area contributed by atoms with Crippen LogP contribution in [0.15, 0.2) is 18.2 Å². The number of carboxylic acid groups (broad SMARTS) is 1. The number of rotatable bonds is 6. The number of benzene rings is 1. The van der Waals surface area contributed by atoms with Gasteiger partial charge in [0.05, 0.1) is 20.6 Å². The summed E-state index contributed by atoms with van der Waals surface area (Å²) in [4.78, 5) is 33.4. The van der Waals surface area contributed by atoms with Gasteiger partial charge in [0, 0.05) is 18.3 Å². The summed E-state index contributed by atoms with van der Waals surface area (Å²) in [5.41, 5.74) is 0.363. The van der Waals surface area contributed by atoms with Crippen molar-refractivity contribution in [3.63, 3.8) is 0 Å². The third-order valence-electron chi connectivity index (χ3n) is 2.53. The first-order chi connectivity index (χ1) is 9.97. The number of esters is 1. The SMILES string of the molecule is COC(=O)CCNC(=O)Nc1ccc(C(=O)O)c(OC)c1. The van der Waals surface area contributed by atoms with Crippen molar-refractivity contribution in [3.8, 4) is 5.75 Å². The molecule has 0 aromatic heterocycles. The summed E-state index contributed by atoms with van der Waals surface area (Å²) in [7, 11) is 2.60. The lowest BCUT2D eigenvalue weighted by Crippen LogP contribution is -2.30. The van der Waals surface area contributed by atoms with Gasteiger partial charge < -0.3 is 25.2 Å². The normalized spacial score (nSPS) is 9.62. The van der Waals surface area contributed by atoms with Crippen molar-refractivity contribution >= 4 is 23.7 Å². The second-order valence-corrected chi connectivity index (χ2v) is 3.93. The van der Waals surface area contributed by atoms with Crippen LogP contribution >= 0.6 is 0 Å². The van der Waals surface area contributed by atoms with E-state index < -0.39 is 18.0 Å². The molecule has 0 atom stereocenters. The number of carbonyl (C=O) groups is 3. The van der Waals surface area contributed by atoms with Crippen molar-refractivity contribution < 1.29 is 29.0 Å². The molecule has 21 heavy (non-hydrogen) atoms. The van der Waals surface area contributed by atoms with Gasteiger partial charge in [-0.05, 0) is 12.1 Å². The second-order valence-electron chi connectivity index (χ2n) is 3.93. The predicted octanol–water partition coefficient (Wildman–Crippen LogP) is 1.08. The molecule has 0 fully saturated rings. The quantitative estimate of drug-likeness (QED) is 0.677. The van der Waals surface area contributed by atoms with Crippen molar-refractivity contribution in [1.82, 2.24) is 5.32 Å². The fraction of sp³-hybridized carbons (Fsp3) is 0.308. The number of hydrogen-bond acceptors (Lipinski definition) is 5. The number of hydrogen-bond donors (Lipinski definition) is 3. The van der Waals surface area contributed by atoms with Crippen LogP contribution in [0.25, 0.3) is 0 Å². The molecule has 3 N–H and O–H groups in total. The van der Waals surface area contributed by atoms with Crippen molar-refractivity contribution in [1.29, 1.82) is 0 Å². The molecule has 0 unspecified atom stereocenters. The van der Waals surface area contributed by atoms with Gasteiger partial charge in [-0.15, -0.1) is 0 Å². The minimum absolute atomic E-state index is 0.00542. The molecular formula is C13H16N2O6. The Labute approximate surface area is 121 Å². The molecule has 1 aromatic carbocycles. The smallest absolute Gasteiger partial charge is 0.339 e. The molecule has 0 aliphatic heterocycles. The molecule has 0 aliphatic carbocycles. The van der Waals surface area contributed by atoms with Crippen molar-refractivity contribution in [2.24, 2.45) is 0 Å². The number of methoxy groups -OCH3 is 2. The highest BCUT2D eigenvalue weighted by molar-refractivity contribution is 5.94. The maximum Gasteiger partial charge on any atom is 0.339 e. The van der Waals surface area contributed by atoms with E-state index in [0.29, 0.717) is 5.69 Å². The van der Waals surface area contributed by atoms with E-state index in [-0.39, 0.29) is 24.3 Å². The minimum atomic E-state index is -1.12. The Bertz CT molecular complexity index is 543. The topological polar surface area (TPSA) is 114 Å². The zero-order chi connectivity index (χ0) is 15.8. The Balaban J connectivity index is 2.60. The summed E-state index contributed by atoms with van der Waals surface area (Å²) < 4.78 is 9.38. The Kier molecular flexibility index (Phi) is 5.99. The van der Waals surface area contributed by atoms with Crippen molar-refractivity contribution in [2.45, 2.75) is 6.42 Å². The third kappa shape index (κ3) is 5.01. The Morgan fingerprint density at radius 3 is 2.52 bits per heavy atom. The summed E-state index contributed by atoms with van der Waals surface area (Å²) in [6.07, 6.45) is 0.0607. The number of anilines is 1. The summed E-state index contributed by atoms with van der Waals surface area (Å²) in [6, 6.07) is 3.63. The van der Waals surface area contributed by atoms with Gasteiger partial charge in [-0.3, -0.25) is 4.79 Å². The summed E-state index contributed by atoms with van der Waals surface area (Å²) in [5, 5.41) is 13.9. The second kappa shape index (κ2) is 7.73. The largest absolute Gasteiger partial charge is 0.496 e. The van der Waals surface area contributed by atoms with Gasteiger partial charge in [0.25, 0.3) is 0 Å².